The first-order valence-corrected chi connectivity index (χ1v) is 10.4. The molecule has 0 saturated carbocycles. The number of hydrogen-bond acceptors (Lipinski definition) is 6. The van der Waals surface area contributed by atoms with Gasteiger partial charge in [-0.05, 0) is 56.2 Å². The summed E-state index contributed by atoms with van der Waals surface area (Å²) in [6.45, 7) is 5.68. The van der Waals surface area contributed by atoms with Gasteiger partial charge in [0.15, 0.2) is 0 Å². The van der Waals surface area contributed by atoms with E-state index >= 15 is 0 Å². The second kappa shape index (κ2) is 7.29. The largest absolute Gasteiger partial charge is 0.454 e. The Hall–Kier alpha value is -2.25. The van der Waals surface area contributed by atoms with E-state index in [-0.39, 0.29) is 22.9 Å². The van der Waals surface area contributed by atoms with Crippen molar-refractivity contribution in [3.05, 3.63) is 54.7 Å². The molecule has 0 aromatic carbocycles. The summed E-state index contributed by atoms with van der Waals surface area (Å²) in [6, 6.07) is 1.77. The van der Waals surface area contributed by atoms with Crippen LogP contribution in [0.2, 0.25) is 5.15 Å². The first-order chi connectivity index (χ1) is 13.3. The van der Waals surface area contributed by atoms with Gasteiger partial charge in [-0.3, -0.25) is 4.79 Å². The highest BCUT2D eigenvalue weighted by molar-refractivity contribution is 7.18. The van der Waals surface area contributed by atoms with Gasteiger partial charge in [-0.25, -0.2) is 14.8 Å². The number of ether oxygens (including phenoxy) is 1. The molecule has 4 rings (SSSR count). The number of aromatic amines is 1. The Kier molecular flexibility index (Phi) is 4.97. The lowest BCUT2D eigenvalue weighted by atomic mass is 9.89. The summed E-state index contributed by atoms with van der Waals surface area (Å²) >= 11 is 7.67. The number of halogens is 1. The molecule has 0 radical (unpaired) electrons. The first-order valence-electron chi connectivity index (χ1n) is 9.17. The van der Waals surface area contributed by atoms with Crippen LogP contribution in [-0.4, -0.2) is 20.9 Å². The summed E-state index contributed by atoms with van der Waals surface area (Å²) in [7, 11) is 0. The van der Waals surface area contributed by atoms with E-state index in [0.29, 0.717) is 27.5 Å². The van der Waals surface area contributed by atoms with Crippen LogP contribution in [-0.2, 0) is 24.2 Å². The summed E-state index contributed by atoms with van der Waals surface area (Å²) < 4.78 is 5.35. The number of aromatic nitrogens is 3. The monoisotopic (exact) mass is 417 g/mol. The Morgan fingerprint density at radius 1 is 1.39 bits per heavy atom. The fraction of sp³-hybridized carbons (Fsp3) is 0.400. The summed E-state index contributed by atoms with van der Waals surface area (Å²) in [6.07, 6.45) is 2.98. The van der Waals surface area contributed by atoms with Crippen LogP contribution in [0.4, 0.5) is 0 Å². The summed E-state index contributed by atoms with van der Waals surface area (Å²) in [4.78, 5) is 38.4. The maximum absolute atomic E-state index is 12.6. The number of hydrogen-bond donors (Lipinski definition) is 1. The number of nitrogens with zero attached hydrogens (tertiary/aromatic N) is 2. The topological polar surface area (TPSA) is 84.9 Å². The molecule has 146 valence electrons. The maximum atomic E-state index is 12.6. The molecule has 3 aromatic heterocycles. The number of aryl methyl sites for hydroxylation is 3. The lowest BCUT2D eigenvalue weighted by Gasteiger charge is -2.17. The second-order valence-electron chi connectivity index (χ2n) is 7.37. The highest BCUT2D eigenvalue weighted by atomic mass is 35.5. The molecule has 0 spiro atoms. The van der Waals surface area contributed by atoms with Crippen molar-refractivity contribution in [2.75, 3.05) is 0 Å². The lowest BCUT2D eigenvalue weighted by Crippen LogP contribution is -2.16. The number of pyridine rings is 1. The molecule has 0 unspecified atom stereocenters. The Morgan fingerprint density at radius 2 is 2.18 bits per heavy atom. The number of H-pyrrole nitrogens is 1. The number of thiophene rings is 1. The predicted molar refractivity (Wildman–Crippen MR) is 109 cm³/mol. The van der Waals surface area contributed by atoms with Gasteiger partial charge < -0.3 is 9.72 Å². The standard InChI is InChI=1S/C20H20ClN3O3S/c1-9-4-5-12-13(6-9)28-19-16(12)18(25)23-14(24-19)8-27-20(26)15-10(2)7-11(3)22-17(15)21/h7,9H,4-6,8H2,1-3H3,(H,23,24,25)/t9-/m1/s1. The van der Waals surface area contributed by atoms with Gasteiger partial charge in [-0.2, -0.15) is 0 Å². The molecule has 8 heteroatoms. The Labute approximate surface area is 170 Å². The predicted octanol–water partition coefficient (Wildman–Crippen LogP) is 4.13. The number of rotatable bonds is 3. The highest BCUT2D eigenvalue weighted by Crippen LogP contribution is 2.35. The van der Waals surface area contributed by atoms with E-state index in [4.69, 9.17) is 16.3 Å². The van der Waals surface area contributed by atoms with Crippen LogP contribution in [0.3, 0.4) is 0 Å². The third-order valence-electron chi connectivity index (χ3n) is 5.06. The van der Waals surface area contributed by atoms with E-state index in [1.165, 1.54) is 4.88 Å². The molecular weight excluding hydrogens is 398 g/mol. The van der Waals surface area contributed by atoms with E-state index < -0.39 is 5.97 Å². The number of fused-ring (bicyclic) bond motifs is 3. The van der Waals surface area contributed by atoms with E-state index in [1.807, 2.05) is 0 Å². The van der Waals surface area contributed by atoms with Gasteiger partial charge in [0, 0.05) is 10.6 Å². The second-order valence-corrected chi connectivity index (χ2v) is 8.81. The fourth-order valence-corrected chi connectivity index (χ4v) is 5.47. The summed E-state index contributed by atoms with van der Waals surface area (Å²) in [5.74, 6) is 0.361. The third kappa shape index (κ3) is 3.44. The molecule has 3 heterocycles. The number of nitrogens with one attached hydrogen (secondary N) is 1. The van der Waals surface area contributed by atoms with Crippen molar-refractivity contribution in [2.45, 2.75) is 46.6 Å². The zero-order chi connectivity index (χ0) is 20.0. The zero-order valence-corrected chi connectivity index (χ0v) is 17.5. The van der Waals surface area contributed by atoms with Crippen LogP contribution >= 0.6 is 22.9 Å². The fourth-order valence-electron chi connectivity index (χ4n) is 3.70. The molecule has 0 amide bonds. The van der Waals surface area contributed by atoms with Crippen molar-refractivity contribution in [1.82, 2.24) is 15.0 Å². The molecule has 3 aromatic rings. The van der Waals surface area contributed by atoms with Crippen molar-refractivity contribution in [3.63, 3.8) is 0 Å². The van der Waals surface area contributed by atoms with Gasteiger partial charge in [0.2, 0.25) is 0 Å². The van der Waals surface area contributed by atoms with Crippen molar-refractivity contribution < 1.29 is 9.53 Å². The van der Waals surface area contributed by atoms with Crippen LogP contribution in [0, 0.1) is 19.8 Å². The van der Waals surface area contributed by atoms with Gasteiger partial charge in [-0.1, -0.05) is 18.5 Å². The van der Waals surface area contributed by atoms with E-state index in [2.05, 4.69) is 21.9 Å². The lowest BCUT2D eigenvalue weighted by molar-refractivity contribution is 0.0461. The van der Waals surface area contributed by atoms with Crippen LogP contribution in [0.5, 0.6) is 0 Å². The molecule has 6 nitrogen and oxygen atoms in total. The van der Waals surface area contributed by atoms with E-state index in [9.17, 15) is 9.59 Å². The minimum absolute atomic E-state index is 0.111. The third-order valence-corrected chi connectivity index (χ3v) is 6.48. The normalized spacial score (nSPS) is 16.2. The van der Waals surface area contributed by atoms with Crippen LogP contribution in [0.25, 0.3) is 10.2 Å². The molecular formula is C20H20ClN3O3S. The van der Waals surface area contributed by atoms with E-state index in [1.54, 1.807) is 31.3 Å². The summed E-state index contributed by atoms with van der Waals surface area (Å²) in [5.41, 5.74) is 2.61. The smallest absolute Gasteiger partial charge is 0.342 e. The minimum atomic E-state index is -0.586. The zero-order valence-electron chi connectivity index (χ0n) is 15.9. The van der Waals surface area contributed by atoms with Crippen molar-refractivity contribution in [1.29, 1.82) is 0 Å². The first kappa shape index (κ1) is 19.1. The van der Waals surface area contributed by atoms with Crippen LogP contribution < -0.4 is 5.56 Å². The quantitative estimate of drug-likeness (QED) is 0.511. The molecule has 0 fully saturated rings. The Bertz CT molecular complexity index is 1130. The molecule has 0 saturated heterocycles. The molecule has 1 atom stereocenters. The van der Waals surface area contributed by atoms with Gasteiger partial charge in [0.25, 0.3) is 5.56 Å². The minimum Gasteiger partial charge on any atom is -0.454 e. The SMILES string of the molecule is Cc1cc(C)c(C(=O)OCc2nc3sc4c(c3c(=O)[nH]2)CC[C@@H](C)C4)c(Cl)n1. The number of esters is 1. The van der Waals surface area contributed by atoms with Gasteiger partial charge in [0.1, 0.15) is 22.4 Å². The van der Waals surface area contributed by atoms with Gasteiger partial charge >= 0.3 is 5.97 Å². The molecule has 1 N–H and O–H groups in total. The summed E-state index contributed by atoms with van der Waals surface area (Å²) in [5, 5.41) is 0.794. The van der Waals surface area contributed by atoms with Crippen molar-refractivity contribution in [2.24, 2.45) is 5.92 Å². The average molecular weight is 418 g/mol. The van der Waals surface area contributed by atoms with Crippen LogP contribution in [0.15, 0.2) is 10.9 Å². The Balaban J connectivity index is 1.59. The average Bonchev–Trinajstić information content (AvgIpc) is 2.96. The van der Waals surface area contributed by atoms with Gasteiger partial charge in [0.05, 0.1) is 10.9 Å². The molecule has 1 aliphatic rings. The number of carbonyl (C=O) groups is 1. The maximum Gasteiger partial charge on any atom is 0.342 e. The van der Waals surface area contributed by atoms with Crippen molar-refractivity contribution >= 4 is 39.1 Å². The van der Waals surface area contributed by atoms with Crippen molar-refractivity contribution in [3.8, 4) is 0 Å². The molecule has 0 bridgehead atoms. The molecule has 28 heavy (non-hydrogen) atoms. The highest BCUT2D eigenvalue weighted by Gasteiger charge is 2.23. The molecule has 1 aliphatic carbocycles. The molecule has 0 aliphatic heterocycles. The Morgan fingerprint density at radius 3 is 2.93 bits per heavy atom. The van der Waals surface area contributed by atoms with Crippen LogP contribution in [0.1, 0.15) is 51.2 Å². The van der Waals surface area contributed by atoms with E-state index in [0.717, 1.165) is 30.5 Å². The van der Waals surface area contributed by atoms with Gasteiger partial charge in [-0.15, -0.1) is 11.3 Å². The number of carbonyl (C=O) groups excluding carboxylic acids is 1.